The van der Waals surface area contributed by atoms with Gasteiger partial charge in [0.2, 0.25) is 0 Å². The van der Waals surface area contributed by atoms with Gasteiger partial charge in [-0.15, -0.1) is 0 Å². The Kier molecular flexibility index (Phi) is 6.04. The molecule has 0 saturated carbocycles. The molecule has 1 nitrogen and oxygen atoms in total. The summed E-state index contributed by atoms with van der Waals surface area (Å²) in [6.07, 6.45) is 10.3. The lowest BCUT2D eigenvalue weighted by Crippen LogP contribution is -1.84. The molecule has 0 bridgehead atoms. The van der Waals surface area contributed by atoms with E-state index >= 15 is 0 Å². The van der Waals surface area contributed by atoms with Crippen LogP contribution in [0.25, 0.3) is 0 Å². The molecule has 0 radical (unpaired) electrons. The van der Waals surface area contributed by atoms with E-state index in [-0.39, 0.29) is 5.78 Å². The molecule has 0 N–H and O–H groups in total. The van der Waals surface area contributed by atoms with Gasteiger partial charge >= 0.3 is 0 Å². The Labute approximate surface area is 85.8 Å². The molecule has 0 fully saturated rings. The van der Waals surface area contributed by atoms with Crippen molar-refractivity contribution in [1.29, 1.82) is 0 Å². The molecule has 0 aromatic heterocycles. The van der Waals surface area contributed by atoms with E-state index in [1.54, 1.807) is 12.2 Å². The lowest BCUT2D eigenvalue weighted by atomic mass is 10.2. The Morgan fingerprint density at radius 2 is 1.71 bits per heavy atom. The highest BCUT2D eigenvalue weighted by molar-refractivity contribution is 5.99. The van der Waals surface area contributed by atoms with E-state index in [9.17, 15) is 4.79 Å². The minimum atomic E-state index is -0.0726. The van der Waals surface area contributed by atoms with Crippen molar-refractivity contribution in [2.45, 2.75) is 13.8 Å². The topological polar surface area (TPSA) is 17.1 Å². The molecule has 1 heteroatoms. The standard InChI is InChI=1S/C13H16O/c1-5-11(3)8-7-9-12(4)10-13(14)6-2/h5-10H,1-2H2,3-4H3. The van der Waals surface area contributed by atoms with Crippen molar-refractivity contribution in [1.82, 2.24) is 0 Å². The fourth-order valence-corrected chi connectivity index (χ4v) is 0.751. The van der Waals surface area contributed by atoms with Crippen molar-refractivity contribution in [3.63, 3.8) is 0 Å². The molecule has 0 amide bonds. The molecule has 14 heavy (non-hydrogen) atoms. The molecule has 0 aliphatic heterocycles. The zero-order valence-electron chi connectivity index (χ0n) is 8.79. The first kappa shape index (κ1) is 12.4. The number of rotatable bonds is 5. The van der Waals surface area contributed by atoms with E-state index in [1.807, 2.05) is 32.1 Å². The molecule has 0 atom stereocenters. The van der Waals surface area contributed by atoms with Gasteiger partial charge in [0.05, 0.1) is 0 Å². The summed E-state index contributed by atoms with van der Waals surface area (Å²) in [5, 5.41) is 0. The molecule has 0 rings (SSSR count). The van der Waals surface area contributed by atoms with Gasteiger partial charge in [0.15, 0.2) is 5.78 Å². The SMILES string of the molecule is C=CC(=O)C=C(C)C=CC=C(C)C=C. The maximum absolute atomic E-state index is 10.9. The van der Waals surface area contributed by atoms with Crippen LogP contribution >= 0.6 is 0 Å². The fraction of sp³-hybridized carbons (Fsp3) is 0.154. The van der Waals surface area contributed by atoms with Crippen LogP contribution in [0.15, 0.2) is 60.8 Å². The third-order valence-electron chi connectivity index (χ3n) is 1.61. The van der Waals surface area contributed by atoms with Gasteiger partial charge in [-0.05, 0) is 31.6 Å². The lowest BCUT2D eigenvalue weighted by Gasteiger charge is -1.89. The van der Waals surface area contributed by atoms with Crippen LogP contribution in [0.1, 0.15) is 13.8 Å². The second-order valence-corrected chi connectivity index (χ2v) is 2.97. The van der Waals surface area contributed by atoms with E-state index in [1.165, 1.54) is 6.08 Å². The first-order chi connectivity index (χ1) is 6.60. The number of carbonyl (C=O) groups is 1. The molecule has 0 aromatic carbocycles. The zero-order chi connectivity index (χ0) is 11.0. The van der Waals surface area contributed by atoms with Gasteiger partial charge in [-0.25, -0.2) is 0 Å². The van der Waals surface area contributed by atoms with Crippen molar-refractivity contribution >= 4 is 5.78 Å². The summed E-state index contributed by atoms with van der Waals surface area (Å²) < 4.78 is 0. The highest BCUT2D eigenvalue weighted by Gasteiger charge is 1.87. The van der Waals surface area contributed by atoms with Gasteiger partial charge in [0.1, 0.15) is 0 Å². The van der Waals surface area contributed by atoms with Crippen LogP contribution < -0.4 is 0 Å². The van der Waals surface area contributed by atoms with Crippen molar-refractivity contribution < 1.29 is 4.79 Å². The summed E-state index contributed by atoms with van der Waals surface area (Å²) in [4.78, 5) is 10.9. The number of carbonyl (C=O) groups excluding carboxylic acids is 1. The minimum absolute atomic E-state index is 0.0726. The summed E-state index contributed by atoms with van der Waals surface area (Å²) >= 11 is 0. The van der Waals surface area contributed by atoms with E-state index < -0.39 is 0 Å². The molecular formula is C13H16O. The van der Waals surface area contributed by atoms with Crippen LogP contribution in [-0.4, -0.2) is 5.78 Å². The van der Waals surface area contributed by atoms with Gasteiger partial charge in [-0.2, -0.15) is 0 Å². The molecule has 74 valence electrons. The van der Waals surface area contributed by atoms with Crippen molar-refractivity contribution in [2.24, 2.45) is 0 Å². The summed E-state index contributed by atoms with van der Waals surface area (Å²) in [6, 6.07) is 0. The van der Waals surface area contributed by atoms with E-state index in [0.29, 0.717) is 0 Å². The quantitative estimate of drug-likeness (QED) is 0.477. The van der Waals surface area contributed by atoms with Crippen molar-refractivity contribution in [3.05, 3.63) is 60.8 Å². The molecule has 0 aromatic rings. The van der Waals surface area contributed by atoms with Gasteiger partial charge in [0.25, 0.3) is 0 Å². The average molecular weight is 188 g/mol. The fourth-order valence-electron chi connectivity index (χ4n) is 0.751. The van der Waals surface area contributed by atoms with Crippen LogP contribution in [0, 0.1) is 0 Å². The van der Waals surface area contributed by atoms with E-state index in [0.717, 1.165) is 11.1 Å². The highest BCUT2D eigenvalue weighted by Crippen LogP contribution is 1.98. The molecule has 0 saturated heterocycles. The van der Waals surface area contributed by atoms with Crippen LogP contribution in [0.2, 0.25) is 0 Å². The predicted octanol–water partition coefficient (Wildman–Crippen LogP) is 3.38. The minimum Gasteiger partial charge on any atom is -0.290 e. The monoisotopic (exact) mass is 188 g/mol. The van der Waals surface area contributed by atoms with Crippen LogP contribution in [0.3, 0.4) is 0 Å². The second-order valence-electron chi connectivity index (χ2n) is 2.97. The van der Waals surface area contributed by atoms with Crippen molar-refractivity contribution in [3.8, 4) is 0 Å². The third kappa shape index (κ3) is 5.95. The normalized spacial score (nSPS) is 13.0. The molecule has 0 spiro atoms. The first-order valence-corrected chi connectivity index (χ1v) is 4.42. The lowest BCUT2D eigenvalue weighted by molar-refractivity contribution is -0.110. The number of hydrogen-bond donors (Lipinski definition) is 0. The Morgan fingerprint density at radius 3 is 2.21 bits per heavy atom. The smallest absolute Gasteiger partial charge is 0.178 e. The molecule has 0 aliphatic rings. The Balaban J connectivity index is 4.38. The highest BCUT2D eigenvalue weighted by atomic mass is 16.1. The van der Waals surface area contributed by atoms with E-state index in [4.69, 9.17) is 0 Å². The second kappa shape index (κ2) is 6.84. The van der Waals surface area contributed by atoms with Crippen LogP contribution in [0.4, 0.5) is 0 Å². The predicted molar refractivity (Wildman–Crippen MR) is 62.1 cm³/mol. The number of allylic oxidation sites excluding steroid dienone is 8. The third-order valence-corrected chi connectivity index (χ3v) is 1.61. The summed E-state index contributed by atoms with van der Waals surface area (Å²) in [6.45, 7) is 10.9. The maximum atomic E-state index is 10.9. The van der Waals surface area contributed by atoms with Gasteiger partial charge in [-0.1, -0.05) is 43.0 Å². The Morgan fingerprint density at radius 1 is 1.07 bits per heavy atom. The Bertz CT molecular complexity index is 314. The van der Waals surface area contributed by atoms with Crippen molar-refractivity contribution in [2.75, 3.05) is 0 Å². The van der Waals surface area contributed by atoms with E-state index in [2.05, 4.69) is 13.2 Å². The van der Waals surface area contributed by atoms with Gasteiger partial charge < -0.3 is 0 Å². The Hall–Kier alpha value is -1.63. The van der Waals surface area contributed by atoms with Gasteiger partial charge in [0, 0.05) is 0 Å². The largest absolute Gasteiger partial charge is 0.290 e. The summed E-state index contributed by atoms with van der Waals surface area (Å²) in [5.74, 6) is -0.0726. The molecule has 0 unspecified atom stereocenters. The summed E-state index contributed by atoms with van der Waals surface area (Å²) in [5.41, 5.74) is 1.99. The zero-order valence-corrected chi connectivity index (χ0v) is 8.79. The average Bonchev–Trinajstić information content (AvgIpc) is 2.17. The number of hydrogen-bond acceptors (Lipinski definition) is 1. The number of ketones is 1. The summed E-state index contributed by atoms with van der Waals surface area (Å²) in [7, 11) is 0. The maximum Gasteiger partial charge on any atom is 0.178 e. The first-order valence-electron chi connectivity index (χ1n) is 4.42. The van der Waals surface area contributed by atoms with Crippen LogP contribution in [0.5, 0.6) is 0 Å². The molecule has 0 aliphatic carbocycles. The van der Waals surface area contributed by atoms with Crippen LogP contribution in [-0.2, 0) is 4.79 Å². The molecular weight excluding hydrogens is 172 g/mol. The van der Waals surface area contributed by atoms with Gasteiger partial charge in [-0.3, -0.25) is 4.79 Å². The molecule has 0 heterocycles.